The third-order valence-electron chi connectivity index (χ3n) is 8.42. The minimum Gasteiger partial charge on any atom is -0.497 e. The maximum Gasteiger partial charge on any atom is 0.407 e. The number of benzene rings is 4. The fraction of sp³-hybridized carbons (Fsp3) is 0.263. The quantitative estimate of drug-likeness (QED) is 0.147. The van der Waals surface area contributed by atoms with Crippen LogP contribution in [0.2, 0.25) is 0 Å². The Bertz CT molecular complexity index is 1930. The number of rotatable bonds is 13. The summed E-state index contributed by atoms with van der Waals surface area (Å²) in [6.07, 6.45) is -0.761. The van der Waals surface area contributed by atoms with Crippen LogP contribution < -0.4 is 15.7 Å². The van der Waals surface area contributed by atoms with Crippen LogP contribution in [0.15, 0.2) is 100 Å². The van der Waals surface area contributed by atoms with Gasteiger partial charge < -0.3 is 24.5 Å². The van der Waals surface area contributed by atoms with E-state index in [1.165, 1.54) is 4.90 Å². The van der Waals surface area contributed by atoms with Crippen molar-refractivity contribution in [3.05, 3.63) is 135 Å². The van der Waals surface area contributed by atoms with Crippen molar-refractivity contribution in [3.63, 3.8) is 0 Å². The van der Waals surface area contributed by atoms with Crippen LogP contribution in [0.1, 0.15) is 40.3 Å². The lowest BCUT2D eigenvalue weighted by Gasteiger charge is -2.27. The Kier molecular flexibility index (Phi) is 10.7. The maximum absolute atomic E-state index is 14.1. The number of aryl methyl sites for hydroxylation is 2. The lowest BCUT2D eigenvalue weighted by molar-refractivity contribution is -0.132. The molecule has 2 N–H and O–H groups in total. The van der Waals surface area contributed by atoms with E-state index >= 15 is 0 Å². The summed E-state index contributed by atoms with van der Waals surface area (Å²) in [4.78, 5) is 47.5. The minimum atomic E-state index is -1.07. The fourth-order valence-corrected chi connectivity index (χ4v) is 5.77. The van der Waals surface area contributed by atoms with Crippen LogP contribution >= 0.6 is 0 Å². The Balaban J connectivity index is 1.46. The van der Waals surface area contributed by atoms with E-state index in [1.807, 2.05) is 105 Å². The molecule has 48 heavy (non-hydrogen) atoms. The molecule has 2 amide bonds. The molecule has 10 nitrogen and oxygen atoms in total. The number of nitrogens with one attached hydrogen (secondary N) is 1. The summed E-state index contributed by atoms with van der Waals surface area (Å²) in [5, 5.41) is 13.4. The van der Waals surface area contributed by atoms with E-state index in [9.17, 15) is 19.5 Å². The second kappa shape index (κ2) is 15.3. The van der Waals surface area contributed by atoms with Gasteiger partial charge in [0.05, 0.1) is 18.0 Å². The number of amides is 2. The molecule has 0 saturated carbocycles. The molecule has 0 unspecified atom stereocenters. The van der Waals surface area contributed by atoms with E-state index < -0.39 is 17.8 Å². The lowest BCUT2D eigenvalue weighted by Crippen LogP contribution is -2.44. The number of carboxylic acid groups (broad SMARTS) is 1. The van der Waals surface area contributed by atoms with Crippen LogP contribution in [0.3, 0.4) is 0 Å². The number of likely N-dealkylation sites (N-methyl/N-ethyl adjacent to an activating group) is 1. The van der Waals surface area contributed by atoms with Crippen molar-refractivity contribution in [3.8, 4) is 5.75 Å². The third-order valence-corrected chi connectivity index (χ3v) is 8.42. The van der Waals surface area contributed by atoms with Crippen LogP contribution in [0, 0.1) is 13.8 Å². The molecule has 1 atom stereocenters. The molecule has 0 aliphatic carbocycles. The molecule has 0 aliphatic rings. The van der Waals surface area contributed by atoms with Crippen molar-refractivity contribution < 1.29 is 23.8 Å². The van der Waals surface area contributed by atoms with E-state index in [0.717, 1.165) is 16.7 Å². The Morgan fingerprint density at radius 3 is 2.04 bits per heavy atom. The molecule has 0 saturated heterocycles. The first kappa shape index (κ1) is 33.7. The monoisotopic (exact) mass is 648 g/mol. The average Bonchev–Trinajstić information content (AvgIpc) is 3.09. The largest absolute Gasteiger partial charge is 0.497 e. The highest BCUT2D eigenvalue weighted by Gasteiger charge is 2.27. The molecule has 0 bridgehead atoms. The second-order valence-electron chi connectivity index (χ2n) is 11.7. The SMILES string of the molecule is CCN(Cc1ccccc1)C(=O)[C@H](Cc1ccc(OC)cc1)Nc1nc2c(C)cc(CN(Cc3ccccc3)C(=O)O)c(C)c2c(=O)o1. The molecule has 248 valence electrons. The zero-order valence-electron chi connectivity index (χ0n) is 27.6. The number of anilines is 1. The summed E-state index contributed by atoms with van der Waals surface area (Å²) < 4.78 is 11.0. The molecule has 0 radical (unpaired) electrons. The van der Waals surface area contributed by atoms with Gasteiger partial charge in [-0.05, 0) is 66.3 Å². The summed E-state index contributed by atoms with van der Waals surface area (Å²) >= 11 is 0. The first-order chi connectivity index (χ1) is 23.2. The lowest BCUT2D eigenvalue weighted by atomic mass is 9.99. The van der Waals surface area contributed by atoms with Crippen LogP contribution in [-0.4, -0.2) is 51.6 Å². The van der Waals surface area contributed by atoms with E-state index in [4.69, 9.17) is 9.15 Å². The molecular formula is C38H40N4O6. The van der Waals surface area contributed by atoms with Gasteiger partial charge in [0.1, 0.15) is 11.8 Å². The van der Waals surface area contributed by atoms with Crippen molar-refractivity contribution >= 4 is 28.9 Å². The van der Waals surface area contributed by atoms with E-state index in [1.54, 1.807) is 18.9 Å². The number of ether oxygens (including phenoxy) is 1. The number of fused-ring (bicyclic) bond motifs is 1. The van der Waals surface area contributed by atoms with Gasteiger partial charge in [-0.25, -0.2) is 9.59 Å². The number of hydrogen-bond acceptors (Lipinski definition) is 7. The Labute approximate surface area is 279 Å². The Hall–Kier alpha value is -5.64. The van der Waals surface area contributed by atoms with Crippen molar-refractivity contribution in [1.82, 2.24) is 14.8 Å². The topological polar surface area (TPSA) is 125 Å². The van der Waals surface area contributed by atoms with E-state index in [0.29, 0.717) is 47.5 Å². The Morgan fingerprint density at radius 2 is 1.48 bits per heavy atom. The van der Waals surface area contributed by atoms with Gasteiger partial charge in [0.15, 0.2) is 0 Å². The van der Waals surface area contributed by atoms with Crippen LogP contribution in [0.25, 0.3) is 10.9 Å². The summed E-state index contributed by atoms with van der Waals surface area (Å²) in [7, 11) is 1.60. The van der Waals surface area contributed by atoms with Gasteiger partial charge in [-0.2, -0.15) is 4.98 Å². The van der Waals surface area contributed by atoms with Crippen molar-refractivity contribution in [2.75, 3.05) is 19.0 Å². The first-order valence-corrected chi connectivity index (χ1v) is 15.8. The molecule has 5 aromatic rings. The van der Waals surface area contributed by atoms with Gasteiger partial charge >= 0.3 is 11.7 Å². The van der Waals surface area contributed by atoms with Gasteiger partial charge in [-0.3, -0.25) is 9.69 Å². The normalized spacial score (nSPS) is 11.6. The summed E-state index contributed by atoms with van der Waals surface area (Å²) in [5.74, 6) is 0.532. The highest BCUT2D eigenvalue weighted by atomic mass is 16.5. The molecule has 1 aromatic heterocycles. The molecule has 0 aliphatic heterocycles. The summed E-state index contributed by atoms with van der Waals surface area (Å²) in [6, 6.07) is 27.6. The van der Waals surface area contributed by atoms with Gasteiger partial charge in [0.2, 0.25) is 5.91 Å². The van der Waals surface area contributed by atoms with Crippen molar-refractivity contribution in [2.24, 2.45) is 0 Å². The molecule has 5 rings (SSSR count). The molecule has 0 fully saturated rings. The zero-order chi connectivity index (χ0) is 34.2. The predicted octanol–water partition coefficient (Wildman–Crippen LogP) is 6.57. The molecule has 10 heteroatoms. The summed E-state index contributed by atoms with van der Waals surface area (Å²) in [6.45, 7) is 6.69. The summed E-state index contributed by atoms with van der Waals surface area (Å²) in [5.41, 5.74) is 4.50. The predicted molar refractivity (Wildman–Crippen MR) is 185 cm³/mol. The number of aromatic nitrogens is 1. The van der Waals surface area contributed by atoms with Gasteiger partial charge in [-0.15, -0.1) is 0 Å². The van der Waals surface area contributed by atoms with Crippen LogP contribution in [0.5, 0.6) is 5.75 Å². The molecule has 0 spiro atoms. The second-order valence-corrected chi connectivity index (χ2v) is 11.7. The van der Waals surface area contributed by atoms with Crippen molar-refractivity contribution in [2.45, 2.75) is 52.9 Å². The van der Waals surface area contributed by atoms with E-state index in [2.05, 4.69) is 10.3 Å². The first-order valence-electron chi connectivity index (χ1n) is 15.8. The smallest absolute Gasteiger partial charge is 0.407 e. The number of hydrogen-bond donors (Lipinski definition) is 2. The van der Waals surface area contributed by atoms with Gasteiger partial charge in [0.25, 0.3) is 6.01 Å². The van der Waals surface area contributed by atoms with Crippen molar-refractivity contribution in [1.29, 1.82) is 0 Å². The number of carbonyl (C=O) groups is 2. The number of carbonyl (C=O) groups excluding carboxylic acids is 1. The number of nitrogens with zero attached hydrogens (tertiary/aromatic N) is 3. The molecule has 4 aromatic carbocycles. The van der Waals surface area contributed by atoms with Gasteiger partial charge in [0, 0.05) is 32.6 Å². The zero-order valence-corrected chi connectivity index (χ0v) is 27.6. The number of methoxy groups -OCH3 is 1. The average molecular weight is 649 g/mol. The standard InChI is InChI=1S/C38H40N4O6/c1-5-41(22-28-12-8-6-9-13-28)35(43)32(21-27-16-18-31(47-4)19-17-27)39-37-40-34-25(2)20-30(26(3)33(34)36(44)48-37)24-42(38(45)46)23-29-14-10-7-11-15-29/h6-20,32H,5,21-24H2,1-4H3,(H,39,40)(H,45,46)/t32-/m0/s1. The van der Waals surface area contributed by atoms with E-state index in [-0.39, 0.29) is 30.4 Å². The van der Waals surface area contributed by atoms with Crippen LogP contribution in [-0.2, 0) is 30.8 Å². The third kappa shape index (κ3) is 8.01. The highest BCUT2D eigenvalue weighted by molar-refractivity contribution is 5.87. The fourth-order valence-electron chi connectivity index (χ4n) is 5.77. The van der Waals surface area contributed by atoms with Gasteiger partial charge in [-0.1, -0.05) is 78.9 Å². The highest BCUT2D eigenvalue weighted by Crippen LogP contribution is 2.26. The Morgan fingerprint density at radius 1 is 0.875 bits per heavy atom. The molecule has 1 heterocycles. The van der Waals surface area contributed by atoms with Crippen LogP contribution in [0.4, 0.5) is 10.8 Å². The molecular weight excluding hydrogens is 608 g/mol. The maximum atomic E-state index is 14.1. The minimum absolute atomic E-state index is 0.0679.